The van der Waals surface area contributed by atoms with Crippen LogP contribution in [0.3, 0.4) is 0 Å². The molecule has 0 saturated heterocycles. The molecule has 1 unspecified atom stereocenters. The molecule has 0 bridgehead atoms. The van der Waals surface area contributed by atoms with E-state index in [1.54, 1.807) is 12.1 Å². The van der Waals surface area contributed by atoms with Crippen molar-refractivity contribution in [2.24, 2.45) is 0 Å². The van der Waals surface area contributed by atoms with Crippen LogP contribution in [0.1, 0.15) is 10.9 Å². The van der Waals surface area contributed by atoms with Gasteiger partial charge in [-0.15, -0.1) is 11.3 Å². The summed E-state index contributed by atoms with van der Waals surface area (Å²) in [6, 6.07) is 11.5. The highest BCUT2D eigenvalue weighted by Gasteiger charge is 2.12. The molecule has 0 saturated carbocycles. The Kier molecular flexibility index (Phi) is 3.77. The normalized spacial score (nSPS) is 11.8. The SMILES string of the molecule is N#CC(Nc1ccc(F)cc1)c1ccc(Br)s1. The van der Waals surface area contributed by atoms with Gasteiger partial charge in [0.05, 0.1) is 9.86 Å². The van der Waals surface area contributed by atoms with Crippen LogP contribution in [0.2, 0.25) is 0 Å². The first kappa shape index (κ1) is 12.1. The zero-order valence-corrected chi connectivity index (χ0v) is 11.1. The quantitative estimate of drug-likeness (QED) is 0.916. The largest absolute Gasteiger partial charge is 0.366 e. The monoisotopic (exact) mass is 310 g/mol. The Morgan fingerprint density at radius 1 is 1.24 bits per heavy atom. The van der Waals surface area contributed by atoms with Gasteiger partial charge in [-0.05, 0) is 52.3 Å². The minimum absolute atomic E-state index is 0.289. The smallest absolute Gasteiger partial charge is 0.149 e. The van der Waals surface area contributed by atoms with Gasteiger partial charge >= 0.3 is 0 Å². The number of nitriles is 1. The van der Waals surface area contributed by atoms with Crippen molar-refractivity contribution in [3.8, 4) is 6.07 Å². The molecule has 0 radical (unpaired) electrons. The molecule has 0 aliphatic rings. The minimum Gasteiger partial charge on any atom is -0.366 e. The maximum Gasteiger partial charge on any atom is 0.149 e. The summed E-state index contributed by atoms with van der Waals surface area (Å²) < 4.78 is 13.7. The van der Waals surface area contributed by atoms with Crippen LogP contribution in [0, 0.1) is 17.1 Å². The maximum absolute atomic E-state index is 12.7. The fourth-order valence-corrected chi connectivity index (χ4v) is 2.78. The van der Waals surface area contributed by atoms with E-state index in [-0.39, 0.29) is 5.82 Å². The van der Waals surface area contributed by atoms with Gasteiger partial charge in [-0.1, -0.05) is 0 Å². The first-order valence-electron chi connectivity index (χ1n) is 4.86. The standard InChI is InChI=1S/C12H8BrFN2S/c13-12-6-5-11(17-12)10(7-15)16-9-3-1-8(14)2-4-9/h1-6,10,16H. The summed E-state index contributed by atoms with van der Waals surface area (Å²) in [4.78, 5) is 0.920. The summed E-state index contributed by atoms with van der Waals surface area (Å²) in [5.74, 6) is -0.289. The number of nitrogens with one attached hydrogen (secondary N) is 1. The molecule has 1 atom stereocenters. The van der Waals surface area contributed by atoms with E-state index in [9.17, 15) is 4.39 Å². The average Bonchev–Trinajstić information content (AvgIpc) is 2.75. The van der Waals surface area contributed by atoms with E-state index in [0.29, 0.717) is 0 Å². The molecular weight excluding hydrogens is 303 g/mol. The van der Waals surface area contributed by atoms with Crippen LogP contribution in [-0.2, 0) is 0 Å². The number of anilines is 1. The Morgan fingerprint density at radius 3 is 2.47 bits per heavy atom. The third-order valence-electron chi connectivity index (χ3n) is 2.16. The van der Waals surface area contributed by atoms with Gasteiger partial charge in [-0.2, -0.15) is 5.26 Å². The van der Waals surface area contributed by atoms with Crippen LogP contribution in [0.15, 0.2) is 40.2 Å². The van der Waals surface area contributed by atoms with E-state index in [1.165, 1.54) is 23.5 Å². The molecule has 2 aromatic rings. The molecule has 5 heteroatoms. The van der Waals surface area contributed by atoms with E-state index in [1.807, 2.05) is 12.1 Å². The maximum atomic E-state index is 12.7. The molecule has 0 aliphatic carbocycles. The summed E-state index contributed by atoms with van der Waals surface area (Å²) in [6.07, 6.45) is 0. The van der Waals surface area contributed by atoms with E-state index < -0.39 is 6.04 Å². The Labute approximate surface area is 111 Å². The van der Waals surface area contributed by atoms with Gasteiger partial charge in [-0.3, -0.25) is 0 Å². The molecule has 1 aromatic heterocycles. The van der Waals surface area contributed by atoms with Crippen molar-refractivity contribution in [1.29, 1.82) is 5.26 Å². The summed E-state index contributed by atoms with van der Waals surface area (Å²) in [5.41, 5.74) is 0.725. The van der Waals surface area contributed by atoms with Crippen LogP contribution in [-0.4, -0.2) is 0 Å². The molecule has 0 fully saturated rings. The Bertz CT molecular complexity index is 544. The van der Waals surface area contributed by atoms with Crippen LogP contribution < -0.4 is 5.32 Å². The fourth-order valence-electron chi connectivity index (χ4n) is 1.36. The fraction of sp³-hybridized carbons (Fsp3) is 0.0833. The van der Waals surface area contributed by atoms with E-state index in [2.05, 4.69) is 27.3 Å². The van der Waals surface area contributed by atoms with Crippen molar-refractivity contribution >= 4 is 33.0 Å². The second-order valence-corrected chi connectivity index (χ2v) is 5.85. The molecule has 1 aromatic carbocycles. The number of benzene rings is 1. The van der Waals surface area contributed by atoms with E-state index in [4.69, 9.17) is 5.26 Å². The lowest BCUT2D eigenvalue weighted by atomic mass is 10.2. The molecule has 2 rings (SSSR count). The lowest BCUT2D eigenvalue weighted by Crippen LogP contribution is -2.06. The van der Waals surface area contributed by atoms with Crippen LogP contribution in [0.4, 0.5) is 10.1 Å². The highest BCUT2D eigenvalue weighted by Crippen LogP contribution is 2.29. The Hall–Kier alpha value is -1.38. The van der Waals surface area contributed by atoms with Gasteiger partial charge in [0, 0.05) is 10.6 Å². The van der Waals surface area contributed by atoms with Crippen molar-refractivity contribution in [2.45, 2.75) is 6.04 Å². The summed E-state index contributed by atoms with van der Waals surface area (Å²) >= 11 is 4.86. The van der Waals surface area contributed by atoms with Gasteiger partial charge in [0.25, 0.3) is 0 Å². The minimum atomic E-state index is -0.420. The molecule has 2 nitrogen and oxygen atoms in total. The lowest BCUT2D eigenvalue weighted by Gasteiger charge is -2.10. The summed E-state index contributed by atoms with van der Waals surface area (Å²) in [6.45, 7) is 0. The van der Waals surface area contributed by atoms with E-state index in [0.717, 1.165) is 14.4 Å². The second kappa shape index (κ2) is 5.30. The van der Waals surface area contributed by atoms with Crippen molar-refractivity contribution in [2.75, 3.05) is 5.32 Å². The average molecular weight is 311 g/mol. The van der Waals surface area contributed by atoms with Crippen molar-refractivity contribution in [3.63, 3.8) is 0 Å². The first-order valence-corrected chi connectivity index (χ1v) is 6.47. The predicted octanol–water partition coefficient (Wildman–Crippen LogP) is 4.33. The molecule has 1 heterocycles. The third kappa shape index (κ3) is 3.05. The molecule has 0 spiro atoms. The summed E-state index contributed by atoms with van der Waals surface area (Å²) in [5, 5.41) is 12.2. The Balaban J connectivity index is 2.16. The number of nitrogens with zero attached hydrogens (tertiary/aromatic N) is 1. The topological polar surface area (TPSA) is 35.8 Å². The number of halogens is 2. The number of thiophene rings is 1. The molecule has 17 heavy (non-hydrogen) atoms. The van der Waals surface area contributed by atoms with E-state index >= 15 is 0 Å². The first-order chi connectivity index (χ1) is 8.19. The third-order valence-corrected chi connectivity index (χ3v) is 3.85. The zero-order chi connectivity index (χ0) is 12.3. The van der Waals surface area contributed by atoms with Gasteiger partial charge in [-0.25, -0.2) is 4.39 Å². The summed E-state index contributed by atoms with van der Waals surface area (Å²) in [7, 11) is 0. The highest BCUT2D eigenvalue weighted by molar-refractivity contribution is 9.11. The predicted molar refractivity (Wildman–Crippen MR) is 70.4 cm³/mol. The van der Waals surface area contributed by atoms with Gasteiger partial charge < -0.3 is 5.32 Å². The highest BCUT2D eigenvalue weighted by atomic mass is 79.9. The second-order valence-electron chi connectivity index (χ2n) is 3.36. The van der Waals surface area contributed by atoms with Crippen molar-refractivity contribution < 1.29 is 4.39 Å². The molecule has 86 valence electrons. The van der Waals surface area contributed by atoms with Gasteiger partial charge in [0.15, 0.2) is 0 Å². The van der Waals surface area contributed by atoms with Crippen LogP contribution in [0.5, 0.6) is 0 Å². The molecule has 1 N–H and O–H groups in total. The molecule has 0 aliphatic heterocycles. The number of hydrogen-bond acceptors (Lipinski definition) is 3. The lowest BCUT2D eigenvalue weighted by molar-refractivity contribution is 0.628. The molecular formula is C12H8BrFN2S. The number of hydrogen-bond donors (Lipinski definition) is 1. The van der Waals surface area contributed by atoms with Crippen LogP contribution >= 0.6 is 27.3 Å². The number of rotatable bonds is 3. The van der Waals surface area contributed by atoms with Gasteiger partial charge in [0.1, 0.15) is 11.9 Å². The van der Waals surface area contributed by atoms with Crippen molar-refractivity contribution in [1.82, 2.24) is 0 Å². The Morgan fingerprint density at radius 2 is 1.94 bits per heavy atom. The zero-order valence-electron chi connectivity index (χ0n) is 8.65. The van der Waals surface area contributed by atoms with Crippen molar-refractivity contribution in [3.05, 3.63) is 50.9 Å². The van der Waals surface area contributed by atoms with Crippen LogP contribution in [0.25, 0.3) is 0 Å². The molecule has 0 amide bonds. The van der Waals surface area contributed by atoms with Gasteiger partial charge in [0.2, 0.25) is 0 Å².